The summed E-state index contributed by atoms with van der Waals surface area (Å²) in [7, 11) is 1.80. The van der Waals surface area contributed by atoms with E-state index in [-0.39, 0.29) is 12.1 Å². The molecule has 6 heteroatoms. The first-order valence-corrected chi connectivity index (χ1v) is 6.49. The van der Waals surface area contributed by atoms with Gasteiger partial charge in [0.1, 0.15) is 22.4 Å². The van der Waals surface area contributed by atoms with Gasteiger partial charge in [-0.25, -0.2) is 9.97 Å². The Morgan fingerprint density at radius 3 is 2.35 bits per heavy atom. The molecule has 0 aliphatic rings. The van der Waals surface area contributed by atoms with Crippen LogP contribution in [0.2, 0.25) is 0 Å². The lowest BCUT2D eigenvalue weighted by Crippen LogP contribution is -2.41. The first kappa shape index (κ1) is 14.2. The van der Waals surface area contributed by atoms with Gasteiger partial charge in [-0.05, 0) is 28.8 Å². The number of hydrogen-bond acceptors (Lipinski definition) is 5. The van der Waals surface area contributed by atoms with Crippen LogP contribution in [0.25, 0.3) is 0 Å². The van der Waals surface area contributed by atoms with Crippen molar-refractivity contribution in [3.63, 3.8) is 0 Å². The molecule has 1 heterocycles. The molecule has 0 bridgehead atoms. The zero-order valence-electron chi connectivity index (χ0n) is 10.4. The fourth-order valence-corrected chi connectivity index (χ4v) is 2.07. The molecule has 17 heavy (non-hydrogen) atoms. The van der Waals surface area contributed by atoms with Crippen molar-refractivity contribution in [3.05, 3.63) is 10.8 Å². The highest BCUT2D eigenvalue weighted by atomic mass is 79.9. The van der Waals surface area contributed by atoms with E-state index in [9.17, 15) is 5.11 Å². The fraction of sp³-hybridized carbons (Fsp3) is 0.636. The lowest BCUT2D eigenvalue weighted by molar-refractivity contribution is 0.202. The molecule has 1 aromatic rings. The van der Waals surface area contributed by atoms with Crippen LogP contribution in [0.15, 0.2) is 10.8 Å². The van der Waals surface area contributed by atoms with Crippen LogP contribution in [0.1, 0.15) is 26.7 Å². The molecular weight excluding hydrogens is 284 g/mol. The highest BCUT2D eigenvalue weighted by Crippen LogP contribution is 2.30. The van der Waals surface area contributed by atoms with Gasteiger partial charge in [0.2, 0.25) is 0 Å². The molecule has 0 spiro atoms. The van der Waals surface area contributed by atoms with Crippen molar-refractivity contribution in [1.29, 1.82) is 0 Å². The number of anilines is 2. The van der Waals surface area contributed by atoms with Crippen LogP contribution in [0.4, 0.5) is 11.6 Å². The molecule has 0 aromatic carbocycles. The lowest BCUT2D eigenvalue weighted by atomic mass is 9.94. The van der Waals surface area contributed by atoms with Crippen molar-refractivity contribution in [3.8, 4) is 0 Å². The quantitative estimate of drug-likeness (QED) is 0.752. The highest BCUT2D eigenvalue weighted by molar-refractivity contribution is 9.10. The SMILES string of the molecule is CCC(CC)(CO)Nc1ncnc(NC)c1Br. The number of halogens is 1. The normalized spacial score (nSPS) is 11.4. The Morgan fingerprint density at radius 2 is 1.88 bits per heavy atom. The van der Waals surface area contributed by atoms with E-state index in [1.54, 1.807) is 7.05 Å². The molecule has 0 unspecified atom stereocenters. The van der Waals surface area contributed by atoms with Crippen molar-refractivity contribution in [1.82, 2.24) is 9.97 Å². The summed E-state index contributed by atoms with van der Waals surface area (Å²) in [6, 6.07) is 0. The number of rotatable bonds is 6. The van der Waals surface area contributed by atoms with Crippen LogP contribution in [-0.4, -0.2) is 34.3 Å². The zero-order chi connectivity index (χ0) is 12.9. The molecule has 1 rings (SSSR count). The predicted octanol–water partition coefficient (Wildman–Crippen LogP) is 2.24. The molecule has 0 saturated heterocycles. The van der Waals surface area contributed by atoms with Crippen molar-refractivity contribution < 1.29 is 5.11 Å². The van der Waals surface area contributed by atoms with Gasteiger partial charge in [0.15, 0.2) is 0 Å². The molecule has 3 N–H and O–H groups in total. The topological polar surface area (TPSA) is 70.1 Å². The summed E-state index contributed by atoms with van der Waals surface area (Å²) in [5.41, 5.74) is -0.331. The molecule has 0 radical (unpaired) electrons. The molecule has 0 aliphatic heterocycles. The van der Waals surface area contributed by atoms with Gasteiger partial charge in [0, 0.05) is 7.05 Å². The molecule has 96 valence electrons. The Labute approximate surface area is 110 Å². The van der Waals surface area contributed by atoms with Gasteiger partial charge in [-0.3, -0.25) is 0 Å². The first-order valence-electron chi connectivity index (χ1n) is 5.69. The number of aromatic nitrogens is 2. The van der Waals surface area contributed by atoms with Crippen LogP contribution in [0.5, 0.6) is 0 Å². The van der Waals surface area contributed by atoms with Gasteiger partial charge in [0.25, 0.3) is 0 Å². The van der Waals surface area contributed by atoms with E-state index >= 15 is 0 Å². The van der Waals surface area contributed by atoms with Gasteiger partial charge in [0.05, 0.1) is 12.1 Å². The summed E-state index contributed by atoms with van der Waals surface area (Å²) in [6.45, 7) is 4.16. The predicted molar refractivity (Wildman–Crippen MR) is 73.3 cm³/mol. The van der Waals surface area contributed by atoms with Crippen molar-refractivity contribution in [2.75, 3.05) is 24.3 Å². The molecule has 0 atom stereocenters. The molecule has 0 aliphatic carbocycles. The average Bonchev–Trinajstić information content (AvgIpc) is 2.38. The first-order chi connectivity index (χ1) is 8.12. The minimum atomic E-state index is -0.331. The average molecular weight is 303 g/mol. The van der Waals surface area contributed by atoms with Crippen molar-refractivity contribution >= 4 is 27.6 Å². The van der Waals surface area contributed by atoms with E-state index in [2.05, 4.69) is 36.5 Å². The van der Waals surface area contributed by atoms with Crippen LogP contribution >= 0.6 is 15.9 Å². The maximum atomic E-state index is 9.52. The van der Waals surface area contributed by atoms with Gasteiger partial charge < -0.3 is 15.7 Å². The third-order valence-electron chi connectivity index (χ3n) is 3.07. The number of aliphatic hydroxyl groups excluding tert-OH is 1. The standard InChI is InChI=1S/C11H19BrN4O/c1-4-11(5-2,6-17)16-10-8(12)9(13-3)14-7-15-10/h7,17H,4-6H2,1-3H3,(H2,13,14,15,16). The van der Waals surface area contributed by atoms with E-state index in [4.69, 9.17) is 0 Å². The van der Waals surface area contributed by atoms with Crippen molar-refractivity contribution in [2.45, 2.75) is 32.2 Å². The largest absolute Gasteiger partial charge is 0.394 e. The Morgan fingerprint density at radius 1 is 1.29 bits per heavy atom. The van der Waals surface area contributed by atoms with Crippen LogP contribution < -0.4 is 10.6 Å². The van der Waals surface area contributed by atoms with E-state index < -0.39 is 0 Å². The van der Waals surface area contributed by atoms with E-state index in [1.807, 2.05) is 13.8 Å². The van der Waals surface area contributed by atoms with E-state index in [0.29, 0.717) is 5.82 Å². The Bertz CT molecular complexity index is 360. The van der Waals surface area contributed by atoms with Crippen LogP contribution in [0, 0.1) is 0 Å². The Hall–Kier alpha value is -0.880. The van der Waals surface area contributed by atoms with Gasteiger partial charge in [-0.2, -0.15) is 0 Å². The third kappa shape index (κ3) is 3.07. The summed E-state index contributed by atoms with van der Waals surface area (Å²) < 4.78 is 0.780. The van der Waals surface area contributed by atoms with E-state index in [0.717, 1.165) is 23.1 Å². The molecule has 0 saturated carbocycles. The number of nitrogens with zero attached hydrogens (tertiary/aromatic N) is 2. The maximum Gasteiger partial charge on any atom is 0.146 e. The maximum absolute atomic E-state index is 9.52. The van der Waals surface area contributed by atoms with E-state index in [1.165, 1.54) is 6.33 Å². The lowest BCUT2D eigenvalue weighted by Gasteiger charge is -2.31. The molecule has 1 aromatic heterocycles. The van der Waals surface area contributed by atoms with Crippen LogP contribution in [0.3, 0.4) is 0 Å². The monoisotopic (exact) mass is 302 g/mol. The van der Waals surface area contributed by atoms with Gasteiger partial charge in [-0.1, -0.05) is 13.8 Å². The minimum Gasteiger partial charge on any atom is -0.394 e. The molecule has 5 nitrogen and oxygen atoms in total. The van der Waals surface area contributed by atoms with Gasteiger partial charge >= 0.3 is 0 Å². The van der Waals surface area contributed by atoms with Gasteiger partial charge in [-0.15, -0.1) is 0 Å². The second-order valence-corrected chi connectivity index (χ2v) is 4.70. The number of aliphatic hydroxyl groups is 1. The number of hydrogen-bond donors (Lipinski definition) is 3. The van der Waals surface area contributed by atoms with Crippen molar-refractivity contribution in [2.24, 2.45) is 0 Å². The minimum absolute atomic E-state index is 0.0747. The highest BCUT2D eigenvalue weighted by Gasteiger charge is 2.26. The summed E-state index contributed by atoms with van der Waals surface area (Å²) in [5, 5.41) is 15.8. The molecule has 0 fully saturated rings. The fourth-order valence-electron chi connectivity index (χ4n) is 1.57. The molecular formula is C11H19BrN4O. The summed E-state index contributed by atoms with van der Waals surface area (Å²) >= 11 is 3.45. The summed E-state index contributed by atoms with van der Waals surface area (Å²) in [5.74, 6) is 1.42. The molecule has 0 amide bonds. The Kier molecular flexibility index (Phi) is 5.14. The summed E-state index contributed by atoms with van der Waals surface area (Å²) in [6.07, 6.45) is 3.14. The Balaban J connectivity index is 3.01. The second-order valence-electron chi connectivity index (χ2n) is 3.91. The van der Waals surface area contributed by atoms with Crippen LogP contribution in [-0.2, 0) is 0 Å². The summed E-state index contributed by atoms with van der Waals surface area (Å²) in [4.78, 5) is 8.29. The third-order valence-corrected chi connectivity index (χ3v) is 3.82. The second kappa shape index (κ2) is 6.16. The number of nitrogens with one attached hydrogen (secondary N) is 2. The zero-order valence-corrected chi connectivity index (χ0v) is 12.0. The smallest absolute Gasteiger partial charge is 0.146 e.